The van der Waals surface area contributed by atoms with Crippen LogP contribution >= 0.6 is 0 Å². The molecule has 3 amide bonds. The summed E-state index contributed by atoms with van der Waals surface area (Å²) in [6.45, 7) is 2.81. The average molecular weight is 412 g/mol. The number of hydrogen-bond acceptors (Lipinski definition) is 6. The number of rotatable bonds is 8. The van der Waals surface area contributed by atoms with Gasteiger partial charge >= 0.3 is 5.97 Å². The summed E-state index contributed by atoms with van der Waals surface area (Å²) in [5, 5.41) is 4.75. The number of carbonyl (C=O) groups is 4. The summed E-state index contributed by atoms with van der Waals surface area (Å²) in [4.78, 5) is 48.9. The number of hydrogen-bond donors (Lipinski definition) is 2. The van der Waals surface area contributed by atoms with Gasteiger partial charge in [-0.3, -0.25) is 19.7 Å². The van der Waals surface area contributed by atoms with Crippen LogP contribution in [-0.4, -0.2) is 43.4 Å². The first-order valence-electron chi connectivity index (χ1n) is 9.33. The van der Waals surface area contributed by atoms with E-state index in [1.807, 2.05) is 0 Å². The molecule has 0 aliphatic carbocycles. The summed E-state index contributed by atoms with van der Waals surface area (Å²) in [5.41, 5.74) is 0.575. The Morgan fingerprint density at radius 2 is 1.53 bits per heavy atom. The molecule has 2 rings (SSSR count). The van der Waals surface area contributed by atoms with E-state index in [2.05, 4.69) is 10.6 Å². The quantitative estimate of drug-likeness (QED) is 0.641. The van der Waals surface area contributed by atoms with Crippen molar-refractivity contribution < 1.29 is 28.7 Å². The third kappa shape index (κ3) is 6.16. The van der Waals surface area contributed by atoms with Crippen LogP contribution < -0.4 is 15.4 Å². The Kier molecular flexibility index (Phi) is 8.10. The molecule has 158 valence electrons. The molecule has 2 N–H and O–H groups in total. The summed E-state index contributed by atoms with van der Waals surface area (Å²) in [6.07, 6.45) is 0. The summed E-state index contributed by atoms with van der Waals surface area (Å²) in [7, 11) is 1.41. The molecule has 0 saturated carbocycles. The Morgan fingerprint density at radius 1 is 0.900 bits per heavy atom. The molecule has 0 aliphatic heterocycles. The fourth-order valence-corrected chi connectivity index (χ4v) is 2.60. The Balaban J connectivity index is 1.92. The van der Waals surface area contributed by atoms with Gasteiger partial charge in [-0.2, -0.15) is 0 Å². The van der Waals surface area contributed by atoms with Gasteiger partial charge in [-0.05, 0) is 30.2 Å². The SMILES string of the molecule is COc1ccccc1C(=O)NC(=O)COC(=O)C(NC(=O)c1ccccc1)C(C)C. The third-order valence-corrected chi connectivity index (χ3v) is 4.19. The zero-order valence-corrected chi connectivity index (χ0v) is 17.0. The van der Waals surface area contributed by atoms with Crippen molar-refractivity contribution in [3.63, 3.8) is 0 Å². The first-order chi connectivity index (χ1) is 14.3. The highest BCUT2D eigenvalue weighted by molar-refractivity contribution is 6.06. The maximum atomic E-state index is 12.4. The molecule has 8 heteroatoms. The molecule has 0 bridgehead atoms. The molecule has 2 aromatic carbocycles. The van der Waals surface area contributed by atoms with Crippen molar-refractivity contribution in [3.05, 3.63) is 65.7 Å². The van der Waals surface area contributed by atoms with Gasteiger partial charge in [0, 0.05) is 5.56 Å². The van der Waals surface area contributed by atoms with Crippen molar-refractivity contribution in [2.24, 2.45) is 5.92 Å². The summed E-state index contributed by atoms with van der Waals surface area (Å²) < 4.78 is 10.1. The van der Waals surface area contributed by atoms with Crippen LogP contribution in [0.1, 0.15) is 34.6 Å². The van der Waals surface area contributed by atoms with Gasteiger partial charge in [0.15, 0.2) is 6.61 Å². The van der Waals surface area contributed by atoms with Crippen LogP contribution in [0.3, 0.4) is 0 Å². The van der Waals surface area contributed by atoms with Crippen LogP contribution in [0.4, 0.5) is 0 Å². The molecule has 0 spiro atoms. The first-order valence-corrected chi connectivity index (χ1v) is 9.33. The lowest BCUT2D eigenvalue weighted by Gasteiger charge is -2.20. The highest BCUT2D eigenvalue weighted by Gasteiger charge is 2.27. The van der Waals surface area contributed by atoms with Gasteiger partial charge in [-0.15, -0.1) is 0 Å². The second-order valence-electron chi connectivity index (χ2n) is 6.75. The largest absolute Gasteiger partial charge is 0.496 e. The van der Waals surface area contributed by atoms with Crippen LogP contribution in [0.25, 0.3) is 0 Å². The molecule has 0 saturated heterocycles. The van der Waals surface area contributed by atoms with E-state index in [-0.39, 0.29) is 11.5 Å². The van der Waals surface area contributed by atoms with E-state index < -0.39 is 36.3 Å². The van der Waals surface area contributed by atoms with Gasteiger partial charge in [0.2, 0.25) is 0 Å². The van der Waals surface area contributed by atoms with Gasteiger partial charge in [0.1, 0.15) is 11.8 Å². The van der Waals surface area contributed by atoms with Gasteiger partial charge in [-0.1, -0.05) is 44.2 Å². The van der Waals surface area contributed by atoms with Crippen LogP contribution in [0.15, 0.2) is 54.6 Å². The van der Waals surface area contributed by atoms with E-state index in [0.717, 1.165) is 0 Å². The highest BCUT2D eigenvalue weighted by Crippen LogP contribution is 2.16. The first kappa shape index (κ1) is 22.6. The van der Waals surface area contributed by atoms with Gasteiger partial charge in [-0.25, -0.2) is 4.79 Å². The van der Waals surface area contributed by atoms with Crippen molar-refractivity contribution in [2.75, 3.05) is 13.7 Å². The van der Waals surface area contributed by atoms with Gasteiger partial charge in [0.25, 0.3) is 17.7 Å². The van der Waals surface area contributed by atoms with E-state index in [0.29, 0.717) is 11.3 Å². The number of ether oxygens (including phenoxy) is 2. The Hall–Kier alpha value is -3.68. The number of methoxy groups -OCH3 is 1. The number of nitrogens with one attached hydrogen (secondary N) is 2. The average Bonchev–Trinajstić information content (AvgIpc) is 2.75. The minimum atomic E-state index is -0.949. The van der Waals surface area contributed by atoms with Crippen molar-refractivity contribution in [1.82, 2.24) is 10.6 Å². The smallest absolute Gasteiger partial charge is 0.329 e. The lowest BCUT2D eigenvalue weighted by atomic mass is 10.0. The molecule has 1 unspecified atom stereocenters. The minimum absolute atomic E-state index is 0.176. The van der Waals surface area contributed by atoms with E-state index in [9.17, 15) is 19.2 Å². The lowest BCUT2D eigenvalue weighted by Crippen LogP contribution is -2.46. The van der Waals surface area contributed by atoms with Crippen molar-refractivity contribution in [1.29, 1.82) is 0 Å². The predicted molar refractivity (Wildman–Crippen MR) is 109 cm³/mol. The minimum Gasteiger partial charge on any atom is -0.496 e. The van der Waals surface area contributed by atoms with Crippen molar-refractivity contribution in [2.45, 2.75) is 19.9 Å². The normalized spacial score (nSPS) is 11.3. The Bertz CT molecular complexity index is 911. The molecule has 0 aliphatic rings. The number of imide groups is 1. The van der Waals surface area contributed by atoms with Crippen molar-refractivity contribution >= 4 is 23.7 Å². The molecule has 8 nitrogen and oxygen atoms in total. The summed E-state index contributed by atoms with van der Waals surface area (Å²) in [5.74, 6) is -2.63. The summed E-state index contributed by atoms with van der Waals surface area (Å²) in [6, 6.07) is 13.9. The molecule has 2 aromatic rings. The molecule has 0 heterocycles. The summed E-state index contributed by atoms with van der Waals surface area (Å²) >= 11 is 0. The van der Waals surface area contributed by atoms with Gasteiger partial charge in [0.05, 0.1) is 12.7 Å². The molecule has 30 heavy (non-hydrogen) atoms. The molecular weight excluding hydrogens is 388 g/mol. The second kappa shape index (κ2) is 10.8. The number of benzene rings is 2. The fraction of sp³-hybridized carbons (Fsp3) is 0.273. The Morgan fingerprint density at radius 3 is 2.17 bits per heavy atom. The van der Waals surface area contributed by atoms with Gasteiger partial charge < -0.3 is 14.8 Å². The predicted octanol–water partition coefficient (Wildman–Crippen LogP) is 1.95. The van der Waals surface area contributed by atoms with Crippen LogP contribution in [0.5, 0.6) is 5.75 Å². The molecule has 0 aromatic heterocycles. The van der Waals surface area contributed by atoms with Crippen molar-refractivity contribution in [3.8, 4) is 5.75 Å². The molecule has 1 atom stereocenters. The van der Waals surface area contributed by atoms with E-state index in [1.165, 1.54) is 13.2 Å². The standard InChI is InChI=1S/C22H24N2O6/c1-14(2)19(24-20(26)15-9-5-4-6-10-15)22(28)30-13-18(25)23-21(27)16-11-7-8-12-17(16)29-3/h4-12,14,19H,13H2,1-3H3,(H,24,26)(H,23,25,27). The van der Waals surface area contributed by atoms with Crippen LogP contribution in [-0.2, 0) is 14.3 Å². The lowest BCUT2D eigenvalue weighted by molar-refractivity contribution is -0.151. The maximum absolute atomic E-state index is 12.4. The second-order valence-corrected chi connectivity index (χ2v) is 6.75. The number of para-hydroxylation sites is 1. The molecule has 0 radical (unpaired) electrons. The van der Waals surface area contributed by atoms with E-state index >= 15 is 0 Å². The highest BCUT2D eigenvalue weighted by atomic mass is 16.5. The monoisotopic (exact) mass is 412 g/mol. The fourth-order valence-electron chi connectivity index (χ4n) is 2.60. The molecular formula is C22H24N2O6. The van der Waals surface area contributed by atoms with E-state index in [1.54, 1.807) is 62.4 Å². The Labute approximate surface area is 174 Å². The number of carbonyl (C=O) groups excluding carboxylic acids is 4. The zero-order chi connectivity index (χ0) is 22.1. The maximum Gasteiger partial charge on any atom is 0.329 e. The topological polar surface area (TPSA) is 111 Å². The number of esters is 1. The zero-order valence-electron chi connectivity index (χ0n) is 17.0. The number of amides is 3. The van der Waals surface area contributed by atoms with Crippen LogP contribution in [0.2, 0.25) is 0 Å². The third-order valence-electron chi connectivity index (χ3n) is 4.19. The molecule has 0 fully saturated rings. The van der Waals surface area contributed by atoms with Crippen LogP contribution in [0, 0.1) is 5.92 Å². The van der Waals surface area contributed by atoms with E-state index in [4.69, 9.17) is 9.47 Å².